The molecule has 1 fully saturated rings. The van der Waals surface area contributed by atoms with E-state index in [0.29, 0.717) is 12.5 Å². The highest BCUT2D eigenvalue weighted by atomic mass is 16.5. The highest BCUT2D eigenvalue weighted by Gasteiger charge is 2.40. The fourth-order valence-corrected chi connectivity index (χ4v) is 2.74. The Morgan fingerprint density at radius 1 is 1.41 bits per heavy atom. The minimum absolute atomic E-state index is 0.0958. The summed E-state index contributed by atoms with van der Waals surface area (Å²) in [6.45, 7) is 4.50. The number of ether oxygens (including phenoxy) is 2. The van der Waals surface area contributed by atoms with Crippen LogP contribution < -0.4 is 0 Å². The minimum atomic E-state index is -0.437. The number of hydrogen-bond acceptors (Lipinski definition) is 4. The van der Waals surface area contributed by atoms with Crippen molar-refractivity contribution in [3.63, 3.8) is 0 Å². The molecule has 1 saturated carbocycles. The molecular formula is C13H21NO3. The number of carbonyl (C=O) groups excluding carboxylic acids is 1. The van der Waals surface area contributed by atoms with Crippen molar-refractivity contribution in [1.29, 1.82) is 0 Å². The molecule has 0 aromatic carbocycles. The lowest BCUT2D eigenvalue weighted by Gasteiger charge is -2.31. The molecule has 4 heteroatoms. The van der Waals surface area contributed by atoms with Crippen molar-refractivity contribution in [2.75, 3.05) is 6.61 Å². The van der Waals surface area contributed by atoms with Gasteiger partial charge in [0.1, 0.15) is 6.10 Å². The van der Waals surface area contributed by atoms with E-state index in [1.807, 2.05) is 6.92 Å². The van der Waals surface area contributed by atoms with E-state index in [1.54, 1.807) is 0 Å². The predicted octanol–water partition coefficient (Wildman–Crippen LogP) is 2.17. The SMILES string of the molecule is CCOC(=O)C1N=COC1C1CCC(C)CC1. The first-order chi connectivity index (χ1) is 8.22. The Morgan fingerprint density at radius 3 is 2.76 bits per heavy atom. The van der Waals surface area contributed by atoms with E-state index in [4.69, 9.17) is 9.47 Å². The second kappa shape index (κ2) is 5.52. The zero-order valence-electron chi connectivity index (χ0n) is 10.6. The molecular weight excluding hydrogens is 218 g/mol. The molecule has 0 aromatic rings. The quantitative estimate of drug-likeness (QED) is 0.709. The number of rotatable bonds is 3. The van der Waals surface area contributed by atoms with Crippen molar-refractivity contribution in [2.45, 2.75) is 51.7 Å². The zero-order chi connectivity index (χ0) is 12.3. The number of esters is 1. The fraction of sp³-hybridized carbons (Fsp3) is 0.846. The molecule has 1 aliphatic heterocycles. The molecule has 1 heterocycles. The van der Waals surface area contributed by atoms with Gasteiger partial charge < -0.3 is 9.47 Å². The molecule has 0 N–H and O–H groups in total. The van der Waals surface area contributed by atoms with Crippen LogP contribution in [-0.4, -0.2) is 31.1 Å². The molecule has 1 aliphatic carbocycles. The van der Waals surface area contributed by atoms with Gasteiger partial charge in [-0.2, -0.15) is 0 Å². The Kier molecular flexibility index (Phi) is 4.02. The summed E-state index contributed by atoms with van der Waals surface area (Å²) in [5.41, 5.74) is 0. The van der Waals surface area contributed by atoms with E-state index in [2.05, 4.69) is 11.9 Å². The topological polar surface area (TPSA) is 47.9 Å². The largest absolute Gasteiger partial charge is 0.477 e. The van der Waals surface area contributed by atoms with Crippen molar-refractivity contribution in [1.82, 2.24) is 0 Å². The van der Waals surface area contributed by atoms with Crippen molar-refractivity contribution in [3.8, 4) is 0 Å². The maximum Gasteiger partial charge on any atom is 0.334 e. The molecule has 0 amide bonds. The van der Waals surface area contributed by atoms with E-state index in [9.17, 15) is 4.79 Å². The zero-order valence-corrected chi connectivity index (χ0v) is 10.6. The maximum atomic E-state index is 11.7. The van der Waals surface area contributed by atoms with Crippen LogP contribution in [0.25, 0.3) is 0 Å². The van der Waals surface area contributed by atoms with Crippen LogP contribution in [0.3, 0.4) is 0 Å². The number of carbonyl (C=O) groups is 1. The Labute approximate surface area is 102 Å². The predicted molar refractivity (Wildman–Crippen MR) is 64.9 cm³/mol. The van der Waals surface area contributed by atoms with Crippen LogP contribution in [0.1, 0.15) is 39.5 Å². The van der Waals surface area contributed by atoms with Crippen LogP contribution >= 0.6 is 0 Å². The van der Waals surface area contributed by atoms with Crippen LogP contribution in [0.2, 0.25) is 0 Å². The summed E-state index contributed by atoms with van der Waals surface area (Å²) < 4.78 is 10.6. The first-order valence-corrected chi connectivity index (χ1v) is 6.56. The average molecular weight is 239 g/mol. The van der Waals surface area contributed by atoms with Gasteiger partial charge in [-0.1, -0.05) is 19.8 Å². The van der Waals surface area contributed by atoms with Crippen molar-refractivity contribution < 1.29 is 14.3 Å². The van der Waals surface area contributed by atoms with Crippen molar-refractivity contribution in [2.24, 2.45) is 16.8 Å². The van der Waals surface area contributed by atoms with Crippen LogP contribution in [0.15, 0.2) is 4.99 Å². The van der Waals surface area contributed by atoms with Gasteiger partial charge in [0, 0.05) is 0 Å². The Morgan fingerprint density at radius 2 is 2.12 bits per heavy atom. The molecule has 2 atom stereocenters. The monoisotopic (exact) mass is 239 g/mol. The summed E-state index contributed by atoms with van der Waals surface area (Å²) in [5.74, 6) is 1.00. The molecule has 2 rings (SSSR count). The number of aliphatic imine (C=N–C) groups is 1. The van der Waals surface area contributed by atoms with Crippen molar-refractivity contribution >= 4 is 12.4 Å². The first-order valence-electron chi connectivity index (χ1n) is 6.56. The Hall–Kier alpha value is -1.06. The van der Waals surface area contributed by atoms with Gasteiger partial charge in [0.25, 0.3) is 0 Å². The fourth-order valence-electron chi connectivity index (χ4n) is 2.74. The second-order valence-electron chi connectivity index (χ2n) is 5.07. The lowest BCUT2D eigenvalue weighted by Crippen LogP contribution is -2.38. The van der Waals surface area contributed by atoms with Gasteiger partial charge in [-0.3, -0.25) is 0 Å². The highest BCUT2D eigenvalue weighted by molar-refractivity contribution is 5.79. The third kappa shape index (κ3) is 2.79. The van der Waals surface area contributed by atoms with Crippen LogP contribution in [0.5, 0.6) is 0 Å². The Bertz CT molecular complexity index is 295. The van der Waals surface area contributed by atoms with E-state index in [0.717, 1.165) is 18.8 Å². The summed E-state index contributed by atoms with van der Waals surface area (Å²) in [4.78, 5) is 15.9. The van der Waals surface area contributed by atoms with Gasteiger partial charge in [0.05, 0.1) is 6.61 Å². The van der Waals surface area contributed by atoms with Crippen LogP contribution in [0, 0.1) is 11.8 Å². The van der Waals surface area contributed by atoms with E-state index in [1.165, 1.54) is 19.2 Å². The summed E-state index contributed by atoms with van der Waals surface area (Å²) in [7, 11) is 0. The molecule has 2 aliphatic rings. The molecule has 0 bridgehead atoms. The minimum Gasteiger partial charge on any atom is -0.477 e. The lowest BCUT2D eigenvalue weighted by molar-refractivity contribution is -0.147. The molecule has 0 spiro atoms. The summed E-state index contributed by atoms with van der Waals surface area (Å²) in [5, 5.41) is 0. The molecule has 96 valence electrons. The van der Waals surface area contributed by atoms with E-state index < -0.39 is 6.04 Å². The van der Waals surface area contributed by atoms with Crippen LogP contribution in [0.4, 0.5) is 0 Å². The van der Waals surface area contributed by atoms with E-state index >= 15 is 0 Å². The highest BCUT2D eigenvalue weighted by Crippen LogP contribution is 2.34. The van der Waals surface area contributed by atoms with E-state index in [-0.39, 0.29) is 12.1 Å². The smallest absolute Gasteiger partial charge is 0.334 e. The number of nitrogens with zero attached hydrogens (tertiary/aromatic N) is 1. The normalized spacial score (nSPS) is 36.6. The third-order valence-electron chi connectivity index (χ3n) is 3.80. The van der Waals surface area contributed by atoms with Gasteiger partial charge in [0.15, 0.2) is 12.4 Å². The maximum absolute atomic E-state index is 11.7. The van der Waals surface area contributed by atoms with Gasteiger partial charge >= 0.3 is 5.97 Å². The second-order valence-corrected chi connectivity index (χ2v) is 5.07. The summed E-state index contributed by atoms with van der Waals surface area (Å²) >= 11 is 0. The van der Waals surface area contributed by atoms with Crippen LogP contribution in [-0.2, 0) is 14.3 Å². The molecule has 0 saturated heterocycles. The molecule has 4 nitrogen and oxygen atoms in total. The number of hydrogen-bond donors (Lipinski definition) is 0. The standard InChI is InChI=1S/C13H21NO3/c1-3-16-13(15)11-12(17-8-14-11)10-6-4-9(2)5-7-10/h8-12H,3-7H2,1-2H3. The van der Waals surface area contributed by atoms with Gasteiger partial charge in [-0.05, 0) is 31.6 Å². The van der Waals surface area contributed by atoms with Crippen molar-refractivity contribution in [3.05, 3.63) is 0 Å². The molecule has 2 unspecified atom stereocenters. The molecule has 0 radical (unpaired) electrons. The molecule has 0 aromatic heterocycles. The summed E-state index contributed by atoms with van der Waals surface area (Å²) in [6, 6.07) is -0.437. The third-order valence-corrected chi connectivity index (χ3v) is 3.80. The van der Waals surface area contributed by atoms with Gasteiger partial charge in [-0.15, -0.1) is 0 Å². The molecule has 17 heavy (non-hydrogen) atoms. The average Bonchev–Trinajstić information content (AvgIpc) is 2.79. The van der Waals surface area contributed by atoms with Gasteiger partial charge in [0.2, 0.25) is 0 Å². The Balaban J connectivity index is 1.94. The summed E-state index contributed by atoms with van der Waals surface area (Å²) in [6.07, 6.45) is 6.03. The van der Waals surface area contributed by atoms with Gasteiger partial charge in [-0.25, -0.2) is 9.79 Å². The first kappa shape index (κ1) is 12.4. The lowest BCUT2D eigenvalue weighted by atomic mass is 9.78.